The van der Waals surface area contributed by atoms with Gasteiger partial charge in [0.1, 0.15) is 23.3 Å². The van der Waals surface area contributed by atoms with Crippen LogP contribution in [0, 0.1) is 23.3 Å². The van der Waals surface area contributed by atoms with Crippen LogP contribution in [0.1, 0.15) is 15.9 Å². The van der Waals surface area contributed by atoms with Crippen LogP contribution < -0.4 is 15.9 Å². The second-order valence-electron chi connectivity index (χ2n) is 8.24. The van der Waals surface area contributed by atoms with Crippen LogP contribution in [0.5, 0.6) is 0 Å². The number of ketones is 1. The SMILES string of the molecule is O=C(c1ccc(F)cc1)c1ccc(F)cc1.O=P(c1ccccc1)(c1ccc(F)cc1)c1ccc(F)cc1. The molecule has 0 amide bonds. The lowest BCUT2D eigenvalue weighted by Crippen LogP contribution is -2.25. The van der Waals surface area contributed by atoms with Gasteiger partial charge < -0.3 is 4.57 Å². The summed E-state index contributed by atoms with van der Waals surface area (Å²) in [5, 5.41) is 1.67. The Morgan fingerprint density at radius 2 is 0.711 bits per heavy atom. The standard InChI is InChI=1S/C18H13F2OP.C13H8F2O/c19-14-6-10-17(11-7-14)22(21,16-4-2-1-3-5-16)18-12-8-15(20)9-13-18;14-11-5-1-9(2-6-11)13(16)10-3-7-12(15)8-4-10/h1-13H;1-8H. The molecule has 0 radical (unpaired) electrons. The van der Waals surface area contributed by atoms with Crippen LogP contribution in [0.3, 0.4) is 0 Å². The molecule has 2 nitrogen and oxygen atoms in total. The van der Waals surface area contributed by atoms with Crippen molar-refractivity contribution in [3.63, 3.8) is 0 Å². The van der Waals surface area contributed by atoms with Gasteiger partial charge in [0.15, 0.2) is 12.9 Å². The molecule has 5 aromatic rings. The molecule has 0 saturated heterocycles. The Balaban J connectivity index is 0.000000186. The Bertz CT molecular complexity index is 1450. The Labute approximate surface area is 217 Å². The van der Waals surface area contributed by atoms with Gasteiger partial charge >= 0.3 is 0 Å². The van der Waals surface area contributed by atoms with Crippen LogP contribution in [0.2, 0.25) is 0 Å². The average molecular weight is 532 g/mol. The van der Waals surface area contributed by atoms with Crippen LogP contribution in [0.15, 0.2) is 127 Å². The zero-order valence-corrected chi connectivity index (χ0v) is 20.8. The largest absolute Gasteiger partial charge is 0.309 e. The van der Waals surface area contributed by atoms with E-state index in [9.17, 15) is 26.9 Å². The number of rotatable bonds is 5. The summed E-state index contributed by atoms with van der Waals surface area (Å²) in [5.41, 5.74) is 0.765. The van der Waals surface area contributed by atoms with E-state index in [4.69, 9.17) is 0 Å². The molecule has 0 bridgehead atoms. The van der Waals surface area contributed by atoms with Crippen molar-refractivity contribution in [3.8, 4) is 0 Å². The van der Waals surface area contributed by atoms with E-state index in [0.717, 1.165) is 0 Å². The molecule has 0 atom stereocenters. The Morgan fingerprint density at radius 3 is 1.05 bits per heavy atom. The second kappa shape index (κ2) is 11.8. The number of carbonyl (C=O) groups is 1. The number of halogens is 4. The highest BCUT2D eigenvalue weighted by molar-refractivity contribution is 7.85. The highest BCUT2D eigenvalue weighted by atomic mass is 31.2. The topological polar surface area (TPSA) is 34.1 Å². The predicted molar refractivity (Wildman–Crippen MR) is 142 cm³/mol. The van der Waals surface area contributed by atoms with E-state index in [1.807, 2.05) is 6.07 Å². The quantitative estimate of drug-likeness (QED) is 0.142. The minimum absolute atomic E-state index is 0.250. The fourth-order valence-electron chi connectivity index (χ4n) is 3.76. The molecule has 38 heavy (non-hydrogen) atoms. The number of benzene rings is 5. The van der Waals surface area contributed by atoms with E-state index in [-0.39, 0.29) is 17.4 Å². The molecule has 190 valence electrons. The summed E-state index contributed by atoms with van der Waals surface area (Å²) in [6, 6.07) is 30.7. The smallest absolute Gasteiger partial charge is 0.193 e. The number of hydrogen-bond acceptors (Lipinski definition) is 2. The Hall–Kier alpha value is -4.28. The van der Waals surface area contributed by atoms with Crippen LogP contribution in [0.25, 0.3) is 0 Å². The van der Waals surface area contributed by atoms with Gasteiger partial charge in [0.25, 0.3) is 0 Å². The second-order valence-corrected chi connectivity index (χ2v) is 11.0. The molecular formula is C31H21F4O2P. The number of hydrogen-bond donors (Lipinski definition) is 0. The molecule has 0 unspecified atom stereocenters. The minimum atomic E-state index is -3.15. The lowest BCUT2D eigenvalue weighted by molar-refractivity contribution is 0.103. The highest BCUT2D eigenvalue weighted by Gasteiger charge is 2.29. The van der Waals surface area contributed by atoms with Crippen LogP contribution in [-0.4, -0.2) is 5.78 Å². The van der Waals surface area contributed by atoms with E-state index < -0.39 is 18.8 Å². The van der Waals surface area contributed by atoms with Gasteiger partial charge in [-0.25, -0.2) is 17.6 Å². The van der Waals surface area contributed by atoms with Crippen LogP contribution >= 0.6 is 7.14 Å². The fraction of sp³-hybridized carbons (Fsp3) is 0. The molecule has 0 saturated carbocycles. The molecule has 0 aliphatic carbocycles. The van der Waals surface area contributed by atoms with E-state index in [1.54, 1.807) is 24.3 Å². The molecule has 5 rings (SSSR count). The van der Waals surface area contributed by atoms with Crippen molar-refractivity contribution in [2.45, 2.75) is 0 Å². The summed E-state index contributed by atoms with van der Waals surface area (Å²) < 4.78 is 65.5. The molecule has 5 aromatic carbocycles. The van der Waals surface area contributed by atoms with Crippen molar-refractivity contribution in [2.75, 3.05) is 0 Å². The molecule has 0 N–H and O–H groups in total. The summed E-state index contributed by atoms with van der Waals surface area (Å²) in [6.45, 7) is 0. The van der Waals surface area contributed by atoms with Crippen molar-refractivity contribution in [1.29, 1.82) is 0 Å². The van der Waals surface area contributed by atoms with Crippen molar-refractivity contribution in [1.82, 2.24) is 0 Å². The van der Waals surface area contributed by atoms with Crippen molar-refractivity contribution in [2.24, 2.45) is 0 Å². The van der Waals surface area contributed by atoms with Gasteiger partial charge in [0.05, 0.1) is 0 Å². The molecule has 0 heterocycles. The summed E-state index contributed by atoms with van der Waals surface area (Å²) in [7, 11) is -3.15. The predicted octanol–water partition coefficient (Wildman–Crippen LogP) is 6.80. The third-order valence-electron chi connectivity index (χ3n) is 5.71. The van der Waals surface area contributed by atoms with Gasteiger partial charge in [-0.3, -0.25) is 4.79 Å². The maximum absolute atomic E-state index is 13.8. The first-order chi connectivity index (χ1) is 18.3. The van der Waals surface area contributed by atoms with E-state index in [1.165, 1.54) is 97.1 Å². The van der Waals surface area contributed by atoms with Gasteiger partial charge in [0.2, 0.25) is 0 Å². The van der Waals surface area contributed by atoms with Crippen molar-refractivity contribution < 1.29 is 26.9 Å². The van der Waals surface area contributed by atoms with E-state index >= 15 is 0 Å². The van der Waals surface area contributed by atoms with Gasteiger partial charge in [-0.1, -0.05) is 30.3 Å². The summed E-state index contributed by atoms with van der Waals surface area (Å²) in [4.78, 5) is 11.8. The van der Waals surface area contributed by atoms with Gasteiger partial charge in [-0.15, -0.1) is 0 Å². The van der Waals surface area contributed by atoms with Gasteiger partial charge in [0, 0.05) is 27.0 Å². The molecule has 0 aromatic heterocycles. The first-order valence-corrected chi connectivity index (χ1v) is 13.2. The van der Waals surface area contributed by atoms with Gasteiger partial charge in [-0.2, -0.15) is 0 Å². The fourth-order valence-corrected chi connectivity index (χ4v) is 6.38. The normalized spacial score (nSPS) is 10.8. The van der Waals surface area contributed by atoms with Gasteiger partial charge in [-0.05, 0) is 97.1 Å². The Morgan fingerprint density at radius 1 is 0.421 bits per heavy atom. The molecule has 0 spiro atoms. The zero-order chi connectivity index (χ0) is 27.1. The summed E-state index contributed by atoms with van der Waals surface area (Å²) >= 11 is 0. The van der Waals surface area contributed by atoms with Crippen LogP contribution in [-0.2, 0) is 4.57 Å². The summed E-state index contributed by atoms with van der Waals surface area (Å²) in [6.07, 6.45) is 0. The van der Waals surface area contributed by atoms with E-state index in [2.05, 4.69) is 0 Å². The summed E-state index contributed by atoms with van der Waals surface area (Å²) in [5.74, 6) is -1.81. The first-order valence-electron chi connectivity index (χ1n) is 11.5. The molecular weight excluding hydrogens is 511 g/mol. The average Bonchev–Trinajstić information content (AvgIpc) is 2.95. The maximum Gasteiger partial charge on any atom is 0.193 e. The van der Waals surface area contributed by atoms with Crippen LogP contribution in [0.4, 0.5) is 17.6 Å². The zero-order valence-electron chi connectivity index (χ0n) is 19.9. The Kier molecular flexibility index (Phi) is 8.35. The highest BCUT2D eigenvalue weighted by Crippen LogP contribution is 2.42. The lowest BCUT2D eigenvalue weighted by atomic mass is 10.0. The third-order valence-corrected chi connectivity index (χ3v) is 8.79. The molecule has 0 aliphatic heterocycles. The maximum atomic E-state index is 13.8. The molecule has 7 heteroatoms. The molecule has 0 fully saturated rings. The van der Waals surface area contributed by atoms with Crippen molar-refractivity contribution in [3.05, 3.63) is 162 Å². The first kappa shape index (κ1) is 26.8. The third kappa shape index (κ3) is 6.16. The minimum Gasteiger partial charge on any atom is -0.309 e. The van der Waals surface area contributed by atoms with E-state index in [0.29, 0.717) is 27.0 Å². The van der Waals surface area contributed by atoms with Crippen molar-refractivity contribution >= 4 is 28.8 Å². The monoisotopic (exact) mass is 532 g/mol. The lowest BCUT2D eigenvalue weighted by Gasteiger charge is -2.19. The molecule has 0 aliphatic rings. The number of carbonyl (C=O) groups excluding carboxylic acids is 1.